The van der Waals surface area contributed by atoms with Gasteiger partial charge in [0.25, 0.3) is 0 Å². The van der Waals surface area contributed by atoms with Gasteiger partial charge in [0.15, 0.2) is 0 Å². The van der Waals surface area contributed by atoms with Crippen molar-refractivity contribution >= 4 is 5.97 Å². The zero-order valence-electron chi connectivity index (χ0n) is 7.97. The minimum absolute atomic E-state index is 0.146. The highest BCUT2D eigenvalue weighted by molar-refractivity contribution is 5.71. The predicted octanol–water partition coefficient (Wildman–Crippen LogP) is 0.833. The molecule has 4 heteroatoms. The summed E-state index contributed by atoms with van der Waals surface area (Å²) in [6.07, 6.45) is -0.674. The molecule has 0 saturated heterocycles. The van der Waals surface area contributed by atoms with Crippen LogP contribution in [0.5, 0.6) is 0 Å². The highest BCUT2D eigenvalue weighted by atomic mass is 16.7. The van der Waals surface area contributed by atoms with E-state index in [0.717, 1.165) is 5.56 Å². The Balaban J connectivity index is 2.68. The molecule has 4 nitrogen and oxygen atoms in total. The summed E-state index contributed by atoms with van der Waals surface area (Å²) < 4.78 is 9.96. The van der Waals surface area contributed by atoms with Gasteiger partial charge in [0, 0.05) is 12.7 Å². The first kappa shape index (κ1) is 10.7. The Kier molecular flexibility index (Phi) is 4.10. The van der Waals surface area contributed by atoms with Crippen LogP contribution in [-0.2, 0) is 14.3 Å². The molecule has 0 saturated carbocycles. The maximum absolute atomic E-state index is 10.9. The van der Waals surface area contributed by atoms with Crippen molar-refractivity contribution in [3.05, 3.63) is 35.9 Å². The van der Waals surface area contributed by atoms with E-state index in [-0.39, 0.29) is 6.54 Å². The van der Waals surface area contributed by atoms with Gasteiger partial charge in [-0.25, -0.2) is 0 Å². The number of hydrogen-bond donors (Lipinski definition) is 1. The van der Waals surface area contributed by atoms with E-state index in [0.29, 0.717) is 0 Å². The molecule has 0 aliphatic carbocycles. The zero-order valence-corrected chi connectivity index (χ0v) is 7.97. The van der Waals surface area contributed by atoms with Crippen LogP contribution < -0.4 is 5.73 Å². The topological polar surface area (TPSA) is 61.5 Å². The second-order valence-electron chi connectivity index (χ2n) is 2.67. The minimum Gasteiger partial charge on any atom is -0.430 e. The summed E-state index contributed by atoms with van der Waals surface area (Å²) >= 11 is 0. The quantitative estimate of drug-likeness (QED) is 0.571. The van der Waals surface area contributed by atoms with Crippen molar-refractivity contribution < 1.29 is 14.3 Å². The van der Waals surface area contributed by atoms with Gasteiger partial charge in [-0.05, 0) is 0 Å². The van der Waals surface area contributed by atoms with Crippen molar-refractivity contribution in [3.63, 3.8) is 0 Å². The standard InChI is InChI=1S/C10H13NO3/c1-13-10(14-9(12)7-11)8-5-3-2-4-6-8/h2-6,10H,7,11H2,1H3. The average molecular weight is 195 g/mol. The lowest BCUT2D eigenvalue weighted by Crippen LogP contribution is -2.20. The molecule has 0 aliphatic rings. The van der Waals surface area contributed by atoms with Crippen LogP contribution in [0.4, 0.5) is 0 Å². The first-order chi connectivity index (χ1) is 6.77. The monoisotopic (exact) mass is 195 g/mol. The van der Waals surface area contributed by atoms with Crippen molar-refractivity contribution in [2.45, 2.75) is 6.29 Å². The SMILES string of the molecule is COC(OC(=O)CN)c1ccccc1. The fourth-order valence-electron chi connectivity index (χ4n) is 1.03. The van der Waals surface area contributed by atoms with Crippen molar-refractivity contribution in [1.82, 2.24) is 0 Å². The fourth-order valence-corrected chi connectivity index (χ4v) is 1.03. The summed E-state index contributed by atoms with van der Waals surface area (Å²) in [6.45, 7) is -0.146. The molecule has 1 atom stereocenters. The van der Waals surface area contributed by atoms with E-state index in [1.165, 1.54) is 7.11 Å². The molecule has 76 valence electrons. The average Bonchev–Trinajstić information content (AvgIpc) is 2.26. The molecule has 0 heterocycles. The van der Waals surface area contributed by atoms with Gasteiger partial charge >= 0.3 is 5.97 Å². The molecule has 14 heavy (non-hydrogen) atoms. The van der Waals surface area contributed by atoms with E-state index >= 15 is 0 Å². The molecule has 0 bridgehead atoms. The first-order valence-corrected chi connectivity index (χ1v) is 4.25. The lowest BCUT2D eigenvalue weighted by atomic mass is 10.2. The molecule has 0 spiro atoms. The van der Waals surface area contributed by atoms with E-state index in [1.54, 1.807) is 0 Å². The Hall–Kier alpha value is -1.39. The van der Waals surface area contributed by atoms with Gasteiger partial charge in [-0.15, -0.1) is 0 Å². The molecule has 2 N–H and O–H groups in total. The van der Waals surface area contributed by atoms with Crippen molar-refractivity contribution in [2.24, 2.45) is 5.73 Å². The number of benzene rings is 1. The number of carbonyl (C=O) groups excluding carboxylic acids is 1. The number of esters is 1. The van der Waals surface area contributed by atoms with E-state index in [2.05, 4.69) is 0 Å². The van der Waals surface area contributed by atoms with Crippen LogP contribution in [0.25, 0.3) is 0 Å². The van der Waals surface area contributed by atoms with Crippen LogP contribution in [0, 0.1) is 0 Å². The van der Waals surface area contributed by atoms with E-state index in [1.807, 2.05) is 30.3 Å². The number of nitrogens with two attached hydrogens (primary N) is 1. The van der Waals surface area contributed by atoms with E-state index in [9.17, 15) is 4.79 Å². The Labute approximate surface area is 82.6 Å². The van der Waals surface area contributed by atoms with Gasteiger partial charge in [0.1, 0.15) is 0 Å². The van der Waals surface area contributed by atoms with Crippen LogP contribution >= 0.6 is 0 Å². The van der Waals surface area contributed by atoms with Gasteiger partial charge in [-0.2, -0.15) is 0 Å². The van der Waals surface area contributed by atoms with Gasteiger partial charge < -0.3 is 15.2 Å². The molecule has 1 rings (SSSR count). The van der Waals surface area contributed by atoms with E-state index < -0.39 is 12.3 Å². The van der Waals surface area contributed by atoms with Crippen molar-refractivity contribution in [1.29, 1.82) is 0 Å². The molecule has 0 radical (unpaired) electrons. The van der Waals surface area contributed by atoms with E-state index in [4.69, 9.17) is 15.2 Å². The summed E-state index contributed by atoms with van der Waals surface area (Å²) in [7, 11) is 1.47. The van der Waals surface area contributed by atoms with Crippen molar-refractivity contribution in [2.75, 3.05) is 13.7 Å². The predicted molar refractivity (Wildman–Crippen MR) is 51.3 cm³/mol. The third kappa shape index (κ3) is 2.83. The largest absolute Gasteiger partial charge is 0.430 e. The molecular formula is C10H13NO3. The van der Waals surface area contributed by atoms with Crippen LogP contribution in [0.2, 0.25) is 0 Å². The van der Waals surface area contributed by atoms with Gasteiger partial charge in [0.05, 0.1) is 6.54 Å². The maximum atomic E-state index is 10.9. The smallest absolute Gasteiger partial charge is 0.322 e. The number of ether oxygens (including phenoxy) is 2. The van der Waals surface area contributed by atoms with Crippen LogP contribution in [0.1, 0.15) is 11.9 Å². The van der Waals surface area contributed by atoms with Crippen LogP contribution in [-0.4, -0.2) is 19.6 Å². The number of methoxy groups -OCH3 is 1. The number of rotatable bonds is 4. The number of hydrogen-bond acceptors (Lipinski definition) is 4. The van der Waals surface area contributed by atoms with Gasteiger partial charge in [0.2, 0.25) is 6.29 Å². The Morgan fingerprint density at radius 1 is 1.43 bits per heavy atom. The first-order valence-electron chi connectivity index (χ1n) is 4.25. The molecule has 0 amide bonds. The molecule has 1 aromatic carbocycles. The minimum atomic E-state index is -0.674. The molecule has 0 aromatic heterocycles. The van der Waals surface area contributed by atoms with Gasteiger partial charge in [-0.1, -0.05) is 30.3 Å². The normalized spacial score (nSPS) is 12.1. The summed E-state index contributed by atoms with van der Waals surface area (Å²) in [5.74, 6) is -0.485. The fraction of sp³-hybridized carbons (Fsp3) is 0.300. The maximum Gasteiger partial charge on any atom is 0.322 e. The van der Waals surface area contributed by atoms with Gasteiger partial charge in [-0.3, -0.25) is 4.79 Å². The second kappa shape index (κ2) is 5.36. The molecule has 1 aromatic rings. The zero-order chi connectivity index (χ0) is 10.4. The Morgan fingerprint density at radius 2 is 2.07 bits per heavy atom. The molecule has 1 unspecified atom stereocenters. The highest BCUT2D eigenvalue weighted by Gasteiger charge is 2.13. The highest BCUT2D eigenvalue weighted by Crippen LogP contribution is 2.17. The second-order valence-corrected chi connectivity index (χ2v) is 2.67. The lowest BCUT2D eigenvalue weighted by molar-refractivity contribution is -0.173. The third-order valence-electron chi connectivity index (χ3n) is 1.69. The van der Waals surface area contributed by atoms with Crippen molar-refractivity contribution in [3.8, 4) is 0 Å². The molecular weight excluding hydrogens is 182 g/mol. The summed E-state index contributed by atoms with van der Waals surface area (Å²) in [4.78, 5) is 10.9. The van der Waals surface area contributed by atoms with Crippen LogP contribution in [0.15, 0.2) is 30.3 Å². The third-order valence-corrected chi connectivity index (χ3v) is 1.69. The Bertz CT molecular complexity index is 287. The summed E-state index contributed by atoms with van der Waals surface area (Å²) in [5, 5.41) is 0. The molecule has 0 fully saturated rings. The summed E-state index contributed by atoms with van der Waals surface area (Å²) in [5.41, 5.74) is 5.91. The van der Waals surface area contributed by atoms with Crippen LogP contribution in [0.3, 0.4) is 0 Å². The molecule has 0 aliphatic heterocycles. The lowest BCUT2D eigenvalue weighted by Gasteiger charge is -2.15. The Morgan fingerprint density at radius 3 is 2.57 bits per heavy atom. The summed E-state index contributed by atoms with van der Waals surface area (Å²) in [6, 6.07) is 9.20. The number of carbonyl (C=O) groups is 1.